The zero-order chi connectivity index (χ0) is 21.3. The Bertz CT molecular complexity index is 1260. The topological polar surface area (TPSA) is 82.8 Å². The fourth-order valence-corrected chi connectivity index (χ4v) is 3.53. The highest BCUT2D eigenvalue weighted by molar-refractivity contribution is 6.09. The van der Waals surface area contributed by atoms with Gasteiger partial charge in [-0.05, 0) is 24.6 Å². The van der Waals surface area contributed by atoms with Gasteiger partial charge in [0, 0.05) is 24.1 Å². The van der Waals surface area contributed by atoms with Crippen molar-refractivity contribution >= 4 is 34.0 Å². The van der Waals surface area contributed by atoms with E-state index in [0.29, 0.717) is 23.1 Å². The van der Waals surface area contributed by atoms with E-state index < -0.39 is 0 Å². The van der Waals surface area contributed by atoms with Gasteiger partial charge in [-0.15, -0.1) is 0 Å². The van der Waals surface area contributed by atoms with Gasteiger partial charge >= 0.3 is 0 Å². The van der Waals surface area contributed by atoms with Gasteiger partial charge < -0.3 is 18.8 Å². The molecule has 0 aliphatic carbocycles. The molecule has 0 aliphatic rings. The van der Waals surface area contributed by atoms with E-state index in [0.717, 1.165) is 27.5 Å². The normalized spacial score (nSPS) is 11.4. The van der Waals surface area contributed by atoms with E-state index in [1.165, 1.54) is 11.9 Å². The van der Waals surface area contributed by atoms with Crippen molar-refractivity contribution in [2.24, 2.45) is 12.1 Å². The van der Waals surface area contributed by atoms with Crippen LogP contribution in [0.1, 0.15) is 11.1 Å². The molecule has 1 N–H and O–H groups in total. The standard InChI is InChI=1S/C22H23N5O3/c1-13-6-7-15-16(8-13)27(2)21-20(15)23-12-24-22(21)26-25-11-14-9-18(29-4)19(30-5)10-17(14)28-3/h6-12H,1-5H3,(H,23,24,26). The van der Waals surface area contributed by atoms with E-state index in [1.807, 2.05) is 7.05 Å². The number of benzene rings is 2. The average molecular weight is 405 g/mol. The third-order valence-electron chi connectivity index (χ3n) is 5.04. The zero-order valence-corrected chi connectivity index (χ0v) is 17.6. The number of hydrazone groups is 1. The second kappa shape index (κ2) is 7.90. The van der Waals surface area contributed by atoms with Crippen LogP contribution in [-0.2, 0) is 7.05 Å². The quantitative estimate of drug-likeness (QED) is 0.387. The second-order valence-electron chi connectivity index (χ2n) is 6.82. The molecule has 0 amide bonds. The molecule has 8 heteroatoms. The maximum Gasteiger partial charge on any atom is 0.174 e. The Balaban J connectivity index is 1.72. The highest BCUT2D eigenvalue weighted by Gasteiger charge is 2.14. The fourth-order valence-electron chi connectivity index (χ4n) is 3.53. The van der Waals surface area contributed by atoms with Gasteiger partial charge in [0.15, 0.2) is 17.3 Å². The monoisotopic (exact) mass is 405 g/mol. The second-order valence-corrected chi connectivity index (χ2v) is 6.82. The van der Waals surface area contributed by atoms with E-state index in [-0.39, 0.29) is 0 Å². The van der Waals surface area contributed by atoms with Crippen LogP contribution in [0.15, 0.2) is 41.8 Å². The summed E-state index contributed by atoms with van der Waals surface area (Å²) in [4.78, 5) is 8.87. The molecule has 2 heterocycles. The maximum atomic E-state index is 5.45. The molecule has 0 saturated carbocycles. The minimum atomic E-state index is 0.586. The average Bonchev–Trinajstić information content (AvgIpc) is 3.05. The van der Waals surface area contributed by atoms with Crippen LogP contribution >= 0.6 is 0 Å². The van der Waals surface area contributed by atoms with Crippen molar-refractivity contribution in [1.29, 1.82) is 0 Å². The third-order valence-corrected chi connectivity index (χ3v) is 5.04. The number of hydrogen-bond donors (Lipinski definition) is 1. The predicted octanol–water partition coefficient (Wildman–Crippen LogP) is 3.90. The summed E-state index contributed by atoms with van der Waals surface area (Å²) in [5.41, 5.74) is 7.82. The largest absolute Gasteiger partial charge is 0.496 e. The Morgan fingerprint density at radius 2 is 1.70 bits per heavy atom. The lowest BCUT2D eigenvalue weighted by molar-refractivity contribution is 0.349. The molecular formula is C22H23N5O3. The summed E-state index contributed by atoms with van der Waals surface area (Å²) in [6, 6.07) is 9.87. The van der Waals surface area contributed by atoms with Crippen LogP contribution in [0.5, 0.6) is 17.2 Å². The summed E-state index contributed by atoms with van der Waals surface area (Å²) in [5, 5.41) is 5.45. The van der Waals surface area contributed by atoms with E-state index in [4.69, 9.17) is 14.2 Å². The molecule has 0 bridgehead atoms. The first-order valence-corrected chi connectivity index (χ1v) is 9.36. The molecule has 0 saturated heterocycles. The molecule has 30 heavy (non-hydrogen) atoms. The van der Waals surface area contributed by atoms with Crippen LogP contribution in [0.4, 0.5) is 5.82 Å². The summed E-state index contributed by atoms with van der Waals surface area (Å²) >= 11 is 0. The summed E-state index contributed by atoms with van der Waals surface area (Å²) in [7, 11) is 6.76. The first kappa shape index (κ1) is 19.5. The number of nitrogens with one attached hydrogen (secondary N) is 1. The Hall–Kier alpha value is -3.81. The maximum absolute atomic E-state index is 5.45. The van der Waals surface area contributed by atoms with Gasteiger partial charge in [0.05, 0.1) is 33.1 Å². The summed E-state index contributed by atoms with van der Waals surface area (Å²) in [6.45, 7) is 2.07. The molecule has 0 spiro atoms. The van der Waals surface area contributed by atoms with Crippen molar-refractivity contribution in [2.45, 2.75) is 6.92 Å². The minimum absolute atomic E-state index is 0.586. The van der Waals surface area contributed by atoms with Crippen LogP contribution < -0.4 is 19.6 Å². The number of methoxy groups -OCH3 is 3. The number of anilines is 1. The van der Waals surface area contributed by atoms with Crippen LogP contribution in [0.3, 0.4) is 0 Å². The predicted molar refractivity (Wildman–Crippen MR) is 118 cm³/mol. The van der Waals surface area contributed by atoms with Crippen molar-refractivity contribution in [2.75, 3.05) is 26.8 Å². The van der Waals surface area contributed by atoms with Crippen molar-refractivity contribution in [3.8, 4) is 17.2 Å². The first-order chi connectivity index (χ1) is 14.6. The summed E-state index contributed by atoms with van der Waals surface area (Å²) in [6.07, 6.45) is 3.19. The van der Waals surface area contributed by atoms with Gasteiger partial charge in [-0.2, -0.15) is 5.10 Å². The number of hydrogen-bond acceptors (Lipinski definition) is 7. The van der Waals surface area contributed by atoms with E-state index in [1.54, 1.807) is 39.7 Å². The van der Waals surface area contributed by atoms with Gasteiger partial charge in [-0.3, -0.25) is 5.43 Å². The molecule has 4 rings (SSSR count). The third kappa shape index (κ3) is 3.26. The Morgan fingerprint density at radius 3 is 2.43 bits per heavy atom. The van der Waals surface area contributed by atoms with Crippen LogP contribution in [0.25, 0.3) is 21.9 Å². The number of fused-ring (bicyclic) bond motifs is 3. The molecule has 0 aliphatic heterocycles. The molecule has 2 aromatic heterocycles. The van der Waals surface area contributed by atoms with Gasteiger partial charge in [-0.25, -0.2) is 9.97 Å². The number of ether oxygens (including phenoxy) is 3. The molecule has 0 unspecified atom stereocenters. The lowest BCUT2D eigenvalue weighted by atomic mass is 10.2. The van der Waals surface area contributed by atoms with Gasteiger partial charge in [0.25, 0.3) is 0 Å². The van der Waals surface area contributed by atoms with E-state index in [9.17, 15) is 0 Å². The lowest BCUT2D eigenvalue weighted by Gasteiger charge is -2.11. The lowest BCUT2D eigenvalue weighted by Crippen LogP contribution is -2.00. The van der Waals surface area contributed by atoms with Crippen LogP contribution in [0, 0.1) is 6.92 Å². The van der Waals surface area contributed by atoms with E-state index in [2.05, 4.69) is 50.2 Å². The molecule has 154 valence electrons. The molecule has 0 atom stereocenters. The molecule has 4 aromatic rings. The van der Waals surface area contributed by atoms with Gasteiger partial charge in [0.1, 0.15) is 23.1 Å². The minimum Gasteiger partial charge on any atom is -0.496 e. The van der Waals surface area contributed by atoms with Crippen molar-refractivity contribution in [3.05, 3.63) is 47.8 Å². The SMILES string of the molecule is COc1cc(OC)c(OC)cc1C=NNc1ncnc2c3ccc(C)cc3n(C)c12. The Labute approximate surface area is 174 Å². The molecule has 2 aromatic carbocycles. The fraction of sp³-hybridized carbons (Fsp3) is 0.227. The van der Waals surface area contributed by atoms with Gasteiger partial charge in [-0.1, -0.05) is 12.1 Å². The Morgan fingerprint density at radius 1 is 0.967 bits per heavy atom. The van der Waals surface area contributed by atoms with Gasteiger partial charge in [0.2, 0.25) is 0 Å². The highest BCUT2D eigenvalue weighted by Crippen LogP contribution is 2.34. The summed E-state index contributed by atoms with van der Waals surface area (Å²) in [5.74, 6) is 2.41. The molecular weight excluding hydrogens is 382 g/mol. The van der Waals surface area contributed by atoms with Crippen LogP contribution in [0.2, 0.25) is 0 Å². The van der Waals surface area contributed by atoms with Crippen LogP contribution in [-0.4, -0.2) is 42.1 Å². The van der Waals surface area contributed by atoms with Crippen molar-refractivity contribution < 1.29 is 14.2 Å². The number of nitrogens with zero attached hydrogens (tertiary/aromatic N) is 4. The molecule has 8 nitrogen and oxygen atoms in total. The molecule has 0 radical (unpaired) electrons. The molecule has 0 fully saturated rings. The number of rotatable bonds is 6. The first-order valence-electron chi connectivity index (χ1n) is 9.36. The Kier molecular flexibility index (Phi) is 5.14. The number of aromatic nitrogens is 3. The number of aryl methyl sites for hydroxylation is 2. The summed E-state index contributed by atoms with van der Waals surface area (Å²) < 4.78 is 18.2. The smallest absolute Gasteiger partial charge is 0.174 e. The van der Waals surface area contributed by atoms with Crippen molar-refractivity contribution in [1.82, 2.24) is 14.5 Å². The van der Waals surface area contributed by atoms with Crippen molar-refractivity contribution in [3.63, 3.8) is 0 Å². The van der Waals surface area contributed by atoms with E-state index >= 15 is 0 Å². The highest BCUT2D eigenvalue weighted by atomic mass is 16.5. The zero-order valence-electron chi connectivity index (χ0n) is 17.6.